The molecule has 0 bridgehead atoms. The van der Waals surface area contributed by atoms with Crippen LogP contribution < -0.4 is 16.0 Å². The fraction of sp³-hybridized carbons (Fsp3) is 0.333. The molecule has 0 saturated carbocycles. The summed E-state index contributed by atoms with van der Waals surface area (Å²) in [7, 11) is 0. The Balaban J connectivity index is 2.38. The summed E-state index contributed by atoms with van der Waals surface area (Å²) < 4.78 is 0. The largest absolute Gasteiger partial charge is 0.477 e. The molecular formula is C12H16N4O4. The second kappa shape index (κ2) is 7.72. The van der Waals surface area contributed by atoms with E-state index < -0.39 is 12.0 Å². The number of carbonyl (C=O) groups excluding carboxylic acids is 2. The lowest BCUT2D eigenvalue weighted by molar-refractivity contribution is -0.120. The highest BCUT2D eigenvalue weighted by Gasteiger charge is 2.07. The SMILES string of the molecule is CCCNC(=O)CNC(=O)Nc1ccc(C(=O)O)nc1. The summed E-state index contributed by atoms with van der Waals surface area (Å²) in [5.74, 6) is -1.42. The summed E-state index contributed by atoms with van der Waals surface area (Å²) in [6, 6.07) is 2.11. The normalized spacial score (nSPS) is 9.65. The summed E-state index contributed by atoms with van der Waals surface area (Å²) in [6.45, 7) is 2.35. The maximum absolute atomic E-state index is 11.5. The maximum Gasteiger partial charge on any atom is 0.354 e. The molecule has 0 spiro atoms. The van der Waals surface area contributed by atoms with Crippen molar-refractivity contribution in [2.45, 2.75) is 13.3 Å². The first-order valence-corrected chi connectivity index (χ1v) is 6.03. The van der Waals surface area contributed by atoms with Crippen molar-refractivity contribution in [1.29, 1.82) is 0 Å². The fourth-order valence-corrected chi connectivity index (χ4v) is 1.26. The second-order valence-corrected chi connectivity index (χ2v) is 3.89. The highest BCUT2D eigenvalue weighted by atomic mass is 16.4. The van der Waals surface area contributed by atoms with E-state index in [2.05, 4.69) is 20.9 Å². The average Bonchev–Trinajstić information content (AvgIpc) is 2.43. The molecule has 8 heteroatoms. The summed E-state index contributed by atoms with van der Waals surface area (Å²) in [6.07, 6.45) is 2.04. The number of carboxylic acids is 1. The number of carbonyl (C=O) groups is 3. The maximum atomic E-state index is 11.5. The number of aromatic carboxylic acids is 1. The van der Waals surface area contributed by atoms with Gasteiger partial charge >= 0.3 is 12.0 Å². The van der Waals surface area contributed by atoms with Crippen molar-refractivity contribution in [2.24, 2.45) is 0 Å². The monoisotopic (exact) mass is 280 g/mol. The number of pyridine rings is 1. The van der Waals surface area contributed by atoms with Gasteiger partial charge in [0.2, 0.25) is 5.91 Å². The molecule has 1 aromatic heterocycles. The third-order valence-corrected chi connectivity index (χ3v) is 2.22. The quantitative estimate of drug-likeness (QED) is 0.602. The molecule has 0 unspecified atom stereocenters. The number of urea groups is 1. The van der Waals surface area contributed by atoms with Crippen LogP contribution >= 0.6 is 0 Å². The lowest BCUT2D eigenvalue weighted by Gasteiger charge is -2.07. The molecule has 8 nitrogen and oxygen atoms in total. The number of amides is 3. The predicted octanol–water partition coefficient (Wildman–Crippen LogP) is 0.427. The van der Waals surface area contributed by atoms with Crippen molar-refractivity contribution >= 4 is 23.6 Å². The number of rotatable bonds is 6. The highest BCUT2D eigenvalue weighted by Crippen LogP contribution is 2.05. The van der Waals surface area contributed by atoms with Gasteiger partial charge in [0.25, 0.3) is 0 Å². The van der Waals surface area contributed by atoms with E-state index in [1.807, 2.05) is 6.92 Å². The third-order valence-electron chi connectivity index (χ3n) is 2.22. The van der Waals surface area contributed by atoms with Gasteiger partial charge in [-0.25, -0.2) is 14.6 Å². The molecule has 0 aliphatic heterocycles. The van der Waals surface area contributed by atoms with E-state index in [4.69, 9.17) is 5.11 Å². The summed E-state index contributed by atoms with van der Waals surface area (Å²) >= 11 is 0. The van der Waals surface area contributed by atoms with Crippen LogP contribution in [0.4, 0.5) is 10.5 Å². The zero-order valence-corrected chi connectivity index (χ0v) is 11.0. The number of hydrogen-bond donors (Lipinski definition) is 4. The molecule has 4 N–H and O–H groups in total. The van der Waals surface area contributed by atoms with Crippen LogP contribution in [0.15, 0.2) is 18.3 Å². The van der Waals surface area contributed by atoms with Crippen LogP contribution in [0.2, 0.25) is 0 Å². The van der Waals surface area contributed by atoms with Crippen LogP contribution in [0, 0.1) is 0 Å². The lowest BCUT2D eigenvalue weighted by atomic mass is 10.3. The van der Waals surface area contributed by atoms with Crippen molar-refractivity contribution in [1.82, 2.24) is 15.6 Å². The predicted molar refractivity (Wildman–Crippen MR) is 71.5 cm³/mol. The zero-order valence-electron chi connectivity index (χ0n) is 11.0. The van der Waals surface area contributed by atoms with Crippen molar-refractivity contribution in [3.63, 3.8) is 0 Å². The van der Waals surface area contributed by atoms with E-state index in [1.54, 1.807) is 0 Å². The van der Waals surface area contributed by atoms with Gasteiger partial charge < -0.3 is 21.1 Å². The molecule has 108 valence electrons. The second-order valence-electron chi connectivity index (χ2n) is 3.89. The van der Waals surface area contributed by atoms with Crippen LogP contribution in [0.1, 0.15) is 23.8 Å². The Kier molecular flexibility index (Phi) is 5.95. The standard InChI is InChI=1S/C12H16N4O4/c1-2-5-13-10(17)7-15-12(20)16-8-3-4-9(11(18)19)14-6-8/h3-4,6H,2,5,7H2,1H3,(H,13,17)(H,18,19)(H2,15,16,20). The van der Waals surface area contributed by atoms with Crippen LogP contribution in [0.5, 0.6) is 0 Å². The van der Waals surface area contributed by atoms with Gasteiger partial charge in [-0.15, -0.1) is 0 Å². The van der Waals surface area contributed by atoms with Crippen LogP contribution in [0.25, 0.3) is 0 Å². The Labute approximate surface area is 115 Å². The summed E-state index contributed by atoms with van der Waals surface area (Å²) in [5, 5.41) is 16.1. The smallest absolute Gasteiger partial charge is 0.354 e. The minimum Gasteiger partial charge on any atom is -0.477 e. The fourth-order valence-electron chi connectivity index (χ4n) is 1.26. The Morgan fingerprint density at radius 1 is 1.25 bits per heavy atom. The van der Waals surface area contributed by atoms with Crippen molar-refractivity contribution < 1.29 is 19.5 Å². The molecule has 0 atom stereocenters. The van der Waals surface area contributed by atoms with E-state index in [9.17, 15) is 14.4 Å². The van der Waals surface area contributed by atoms with Gasteiger partial charge in [-0.2, -0.15) is 0 Å². The Hall–Kier alpha value is -2.64. The van der Waals surface area contributed by atoms with E-state index >= 15 is 0 Å². The van der Waals surface area contributed by atoms with E-state index in [-0.39, 0.29) is 18.1 Å². The van der Waals surface area contributed by atoms with E-state index in [1.165, 1.54) is 18.3 Å². The average molecular weight is 280 g/mol. The number of nitrogens with one attached hydrogen (secondary N) is 3. The number of nitrogens with zero attached hydrogens (tertiary/aromatic N) is 1. The molecule has 3 amide bonds. The van der Waals surface area contributed by atoms with E-state index in [0.717, 1.165) is 6.42 Å². The molecule has 1 rings (SSSR count). The topological polar surface area (TPSA) is 120 Å². The van der Waals surface area contributed by atoms with Gasteiger partial charge in [0, 0.05) is 6.54 Å². The molecular weight excluding hydrogens is 264 g/mol. The van der Waals surface area contributed by atoms with Gasteiger partial charge in [0.1, 0.15) is 5.69 Å². The Bertz CT molecular complexity index is 487. The van der Waals surface area contributed by atoms with Crippen LogP contribution in [-0.2, 0) is 4.79 Å². The third kappa shape index (κ3) is 5.34. The molecule has 0 fully saturated rings. The Morgan fingerprint density at radius 2 is 2.00 bits per heavy atom. The van der Waals surface area contributed by atoms with Crippen molar-refractivity contribution in [2.75, 3.05) is 18.4 Å². The minimum atomic E-state index is -1.14. The van der Waals surface area contributed by atoms with Gasteiger partial charge in [-0.05, 0) is 18.6 Å². The Morgan fingerprint density at radius 3 is 2.55 bits per heavy atom. The molecule has 0 radical (unpaired) electrons. The number of anilines is 1. The van der Waals surface area contributed by atoms with Crippen molar-refractivity contribution in [3.8, 4) is 0 Å². The first kappa shape index (κ1) is 15.4. The van der Waals surface area contributed by atoms with E-state index in [0.29, 0.717) is 12.2 Å². The molecule has 0 aliphatic carbocycles. The van der Waals surface area contributed by atoms with Gasteiger partial charge in [0.15, 0.2) is 0 Å². The molecule has 1 aromatic rings. The van der Waals surface area contributed by atoms with Gasteiger partial charge in [-0.3, -0.25) is 4.79 Å². The number of hydrogen-bond acceptors (Lipinski definition) is 4. The minimum absolute atomic E-state index is 0.116. The number of carboxylic acid groups (broad SMARTS) is 1. The molecule has 20 heavy (non-hydrogen) atoms. The first-order valence-electron chi connectivity index (χ1n) is 6.03. The first-order chi connectivity index (χ1) is 9.52. The summed E-state index contributed by atoms with van der Waals surface area (Å²) in [4.78, 5) is 36.9. The zero-order chi connectivity index (χ0) is 15.0. The molecule has 0 aromatic carbocycles. The molecule has 0 saturated heterocycles. The van der Waals surface area contributed by atoms with Gasteiger partial charge in [-0.1, -0.05) is 6.92 Å². The van der Waals surface area contributed by atoms with Gasteiger partial charge in [0.05, 0.1) is 18.4 Å². The summed E-state index contributed by atoms with van der Waals surface area (Å²) in [5.41, 5.74) is 0.219. The highest BCUT2D eigenvalue weighted by molar-refractivity contribution is 5.92. The number of aromatic nitrogens is 1. The lowest BCUT2D eigenvalue weighted by Crippen LogP contribution is -2.39. The molecule has 1 heterocycles. The van der Waals surface area contributed by atoms with Crippen molar-refractivity contribution in [3.05, 3.63) is 24.0 Å². The van der Waals surface area contributed by atoms with Crippen LogP contribution in [-0.4, -0.2) is 41.1 Å². The molecule has 0 aliphatic rings. The van der Waals surface area contributed by atoms with Crippen LogP contribution in [0.3, 0.4) is 0 Å².